The molecule has 3 aromatic rings. The second kappa shape index (κ2) is 11.8. The lowest BCUT2D eigenvalue weighted by Crippen LogP contribution is -2.43. The molecule has 0 unspecified atom stereocenters. The highest BCUT2D eigenvalue weighted by Gasteiger charge is 2.30. The predicted molar refractivity (Wildman–Crippen MR) is 146 cm³/mol. The molecule has 4 heterocycles. The fraction of sp³-hybridized carbons (Fsp3) is 0.375. The number of methoxy groups -OCH3 is 1. The van der Waals surface area contributed by atoms with Crippen LogP contribution in [0.4, 0.5) is 5.82 Å². The molecule has 0 radical (unpaired) electrons. The summed E-state index contributed by atoms with van der Waals surface area (Å²) in [6, 6.07) is 3.53. The van der Waals surface area contributed by atoms with Crippen LogP contribution in [0.3, 0.4) is 0 Å². The fourth-order valence-electron chi connectivity index (χ4n) is 3.97. The van der Waals surface area contributed by atoms with Crippen molar-refractivity contribution in [3.05, 3.63) is 50.6 Å². The number of ether oxygens (including phenoxy) is 1. The number of aromatic nitrogens is 2. The molecule has 0 atom stereocenters. The van der Waals surface area contributed by atoms with Gasteiger partial charge in [0.05, 0.1) is 29.0 Å². The number of hydrogen-bond donors (Lipinski definition) is 1. The number of aryl methyl sites for hydroxylation is 1. The Balaban J connectivity index is 1.36. The Morgan fingerprint density at radius 1 is 1.27 bits per heavy atom. The molecular weight excluding hydrogens is 559 g/mol. The molecule has 1 N–H and O–H groups in total. The number of rotatable bonds is 9. The number of carbonyl (C=O) groups is 1. The number of piperidine rings is 1. The predicted octanol–water partition coefficient (Wildman–Crippen LogP) is 5.05. The van der Waals surface area contributed by atoms with Crippen LogP contribution >= 0.6 is 34.5 Å². The van der Waals surface area contributed by atoms with Crippen molar-refractivity contribution in [1.29, 1.82) is 0 Å². The first-order valence-corrected chi connectivity index (χ1v) is 14.8. The Bertz CT molecular complexity index is 1400. The lowest BCUT2D eigenvalue weighted by molar-refractivity contribution is -0.123. The molecule has 9 nitrogen and oxygen atoms in total. The molecule has 0 bridgehead atoms. The van der Waals surface area contributed by atoms with Crippen LogP contribution in [0.15, 0.2) is 35.0 Å². The molecule has 37 heavy (non-hydrogen) atoms. The van der Waals surface area contributed by atoms with E-state index >= 15 is 0 Å². The van der Waals surface area contributed by atoms with E-state index in [9.17, 15) is 13.2 Å². The number of amides is 1. The number of nitrogens with one attached hydrogen (secondary N) is 1. The van der Waals surface area contributed by atoms with Crippen LogP contribution in [0.1, 0.15) is 30.4 Å². The number of oxazole rings is 1. The van der Waals surface area contributed by atoms with E-state index in [1.807, 2.05) is 11.8 Å². The number of anilines is 1. The first kappa shape index (κ1) is 27.4. The molecule has 1 saturated heterocycles. The van der Waals surface area contributed by atoms with Gasteiger partial charge in [-0.25, -0.2) is 18.4 Å². The first-order chi connectivity index (χ1) is 17.7. The Kier molecular flexibility index (Phi) is 8.79. The zero-order chi connectivity index (χ0) is 26.6. The van der Waals surface area contributed by atoms with Crippen LogP contribution in [-0.2, 0) is 21.2 Å². The van der Waals surface area contributed by atoms with E-state index in [0.717, 1.165) is 10.6 Å². The van der Waals surface area contributed by atoms with Gasteiger partial charge >= 0.3 is 0 Å². The van der Waals surface area contributed by atoms with Crippen molar-refractivity contribution in [3.63, 3.8) is 0 Å². The van der Waals surface area contributed by atoms with Gasteiger partial charge in [-0.05, 0) is 31.1 Å². The molecule has 13 heteroatoms. The third kappa shape index (κ3) is 6.64. The monoisotopic (exact) mass is 584 g/mol. The Morgan fingerprint density at radius 3 is 2.65 bits per heavy atom. The third-order valence-corrected chi connectivity index (χ3v) is 8.59. The van der Waals surface area contributed by atoms with Gasteiger partial charge in [0.2, 0.25) is 21.8 Å². The maximum absolute atomic E-state index is 12.7. The van der Waals surface area contributed by atoms with Gasteiger partial charge in [0.1, 0.15) is 10.8 Å². The van der Waals surface area contributed by atoms with Crippen molar-refractivity contribution in [3.8, 4) is 17.2 Å². The molecule has 1 aliphatic rings. The highest BCUT2D eigenvalue weighted by Crippen LogP contribution is 2.41. The largest absolute Gasteiger partial charge is 0.494 e. The van der Waals surface area contributed by atoms with Gasteiger partial charge in [-0.3, -0.25) is 9.52 Å². The average Bonchev–Trinajstić information content (AvgIpc) is 3.52. The lowest BCUT2D eigenvalue weighted by atomic mass is 9.96. The number of nitrogens with zero attached hydrogens (tertiary/aromatic N) is 3. The van der Waals surface area contributed by atoms with E-state index in [1.165, 1.54) is 24.5 Å². The van der Waals surface area contributed by atoms with Gasteiger partial charge in [0, 0.05) is 36.5 Å². The topological polar surface area (TPSA) is 115 Å². The van der Waals surface area contributed by atoms with Crippen LogP contribution in [0.25, 0.3) is 17.5 Å². The van der Waals surface area contributed by atoms with Gasteiger partial charge < -0.3 is 14.1 Å². The molecule has 1 aliphatic heterocycles. The maximum atomic E-state index is 12.7. The van der Waals surface area contributed by atoms with Crippen molar-refractivity contribution in [2.24, 2.45) is 5.92 Å². The van der Waals surface area contributed by atoms with Gasteiger partial charge in [-0.2, -0.15) is 0 Å². The Labute approximate surface area is 229 Å². The summed E-state index contributed by atoms with van der Waals surface area (Å²) in [5.41, 5.74) is 0.548. The van der Waals surface area contributed by atoms with E-state index in [-0.39, 0.29) is 5.75 Å². The van der Waals surface area contributed by atoms with E-state index in [4.69, 9.17) is 32.4 Å². The third-order valence-electron chi connectivity index (χ3n) is 5.91. The van der Waals surface area contributed by atoms with E-state index in [2.05, 4.69) is 14.7 Å². The van der Waals surface area contributed by atoms with Crippen molar-refractivity contribution >= 4 is 62.4 Å². The summed E-state index contributed by atoms with van der Waals surface area (Å²) < 4.78 is 38.8. The zero-order valence-corrected chi connectivity index (χ0v) is 23.4. The number of carbonyl (C=O) groups excluding carboxylic acids is 1. The first-order valence-electron chi connectivity index (χ1n) is 11.6. The number of pyridine rings is 1. The van der Waals surface area contributed by atoms with Crippen molar-refractivity contribution < 1.29 is 22.4 Å². The number of hydrogen-bond acceptors (Lipinski definition) is 9. The average molecular weight is 586 g/mol. The molecule has 198 valence electrons. The van der Waals surface area contributed by atoms with Gasteiger partial charge in [0.25, 0.3) is 0 Å². The van der Waals surface area contributed by atoms with Crippen LogP contribution in [0.5, 0.6) is 5.75 Å². The second-order valence-corrected chi connectivity index (χ2v) is 12.3. The molecule has 1 amide bonds. The summed E-state index contributed by atoms with van der Waals surface area (Å²) in [7, 11) is -2.29. The summed E-state index contributed by atoms with van der Waals surface area (Å²) >= 11 is 13.9. The number of halogens is 2. The van der Waals surface area contributed by atoms with Gasteiger partial charge in [-0.1, -0.05) is 36.2 Å². The summed E-state index contributed by atoms with van der Waals surface area (Å²) in [6.07, 6.45) is 8.03. The highest BCUT2D eigenvalue weighted by atomic mass is 35.5. The van der Waals surface area contributed by atoms with Crippen molar-refractivity contribution in [2.75, 3.05) is 30.9 Å². The van der Waals surface area contributed by atoms with E-state index in [0.29, 0.717) is 64.7 Å². The molecule has 0 saturated carbocycles. The summed E-state index contributed by atoms with van der Waals surface area (Å²) in [6.45, 7) is 2.92. The summed E-state index contributed by atoms with van der Waals surface area (Å²) in [5.74, 6) is 0.794. The van der Waals surface area contributed by atoms with Gasteiger partial charge in [-0.15, -0.1) is 11.3 Å². The summed E-state index contributed by atoms with van der Waals surface area (Å²) in [5, 5.41) is 0.320. The summed E-state index contributed by atoms with van der Waals surface area (Å²) in [4.78, 5) is 24.2. The molecule has 0 aliphatic carbocycles. The zero-order valence-electron chi connectivity index (χ0n) is 20.2. The standard InChI is InChI=1S/C24H26Cl2N4O5S2/c1-3-16-13-28-24(35-16)18-14-27-22(20(26)21(18)34-2)30-10-8-15(9-11-30)23(31)29-37(32,33)12-4-5-17-6-7-19(25)36-17/h4-7,13-15H,3,8-12H2,1-2H3,(H,29,31). The smallest absolute Gasteiger partial charge is 0.238 e. The Morgan fingerprint density at radius 2 is 2.03 bits per heavy atom. The lowest BCUT2D eigenvalue weighted by Gasteiger charge is -2.32. The van der Waals surface area contributed by atoms with Crippen LogP contribution < -0.4 is 14.4 Å². The van der Waals surface area contributed by atoms with Gasteiger partial charge in [0.15, 0.2) is 11.6 Å². The molecule has 0 spiro atoms. The van der Waals surface area contributed by atoms with Crippen molar-refractivity contribution in [1.82, 2.24) is 14.7 Å². The van der Waals surface area contributed by atoms with Crippen molar-refractivity contribution in [2.45, 2.75) is 26.2 Å². The van der Waals surface area contributed by atoms with Crippen LogP contribution in [0, 0.1) is 5.92 Å². The maximum Gasteiger partial charge on any atom is 0.238 e. The van der Waals surface area contributed by atoms with E-state index < -0.39 is 21.8 Å². The molecule has 3 aromatic heterocycles. The van der Waals surface area contributed by atoms with Crippen LogP contribution in [-0.4, -0.2) is 50.2 Å². The minimum absolute atomic E-state index is 0.303. The number of sulfonamides is 1. The minimum Gasteiger partial charge on any atom is -0.494 e. The normalized spacial score (nSPS) is 14.9. The molecule has 1 fully saturated rings. The SMILES string of the molecule is CCc1cnc(-c2cnc(N3CCC(C(=O)NS(=O)(=O)CC=Cc4ccc(Cl)s4)CC3)c(Cl)c2OC)o1. The minimum atomic E-state index is -3.80. The van der Waals surface area contributed by atoms with E-state index in [1.54, 1.807) is 30.6 Å². The molecular formula is C24H26Cl2N4O5S2. The highest BCUT2D eigenvalue weighted by molar-refractivity contribution is 7.90. The Hall–Kier alpha value is -2.60. The molecule has 4 rings (SSSR count). The fourth-order valence-corrected chi connectivity index (χ4v) is 6.21. The second-order valence-electron chi connectivity index (χ2n) is 8.38. The van der Waals surface area contributed by atoms with Crippen LogP contribution in [0.2, 0.25) is 9.36 Å². The quantitative estimate of drug-likeness (QED) is 0.371. The molecule has 0 aromatic carbocycles. The number of thiophene rings is 1.